The van der Waals surface area contributed by atoms with Crippen LogP contribution in [0.25, 0.3) is 0 Å². The van der Waals surface area contributed by atoms with E-state index in [2.05, 4.69) is 59.2 Å². The molecule has 0 atom stereocenters. The van der Waals surface area contributed by atoms with Crippen molar-refractivity contribution in [3.63, 3.8) is 0 Å². The first kappa shape index (κ1) is 17.4. The van der Waals surface area contributed by atoms with Gasteiger partial charge < -0.3 is 9.47 Å². The zero-order chi connectivity index (χ0) is 17.8. The van der Waals surface area contributed by atoms with Crippen LogP contribution in [0, 0.1) is 0 Å². The maximum atomic E-state index is 5.50. The molecule has 4 rings (SSSR count). The molecule has 4 nitrogen and oxygen atoms in total. The van der Waals surface area contributed by atoms with Gasteiger partial charge in [-0.2, -0.15) is 0 Å². The highest BCUT2D eigenvalue weighted by Gasteiger charge is 2.24. The lowest BCUT2D eigenvalue weighted by Gasteiger charge is -2.38. The molecule has 2 aliphatic heterocycles. The molecule has 2 aromatic rings. The summed E-state index contributed by atoms with van der Waals surface area (Å²) in [7, 11) is 0. The van der Waals surface area contributed by atoms with Gasteiger partial charge >= 0.3 is 0 Å². The van der Waals surface area contributed by atoms with Crippen molar-refractivity contribution in [2.75, 3.05) is 26.4 Å². The Morgan fingerprint density at radius 1 is 0.962 bits per heavy atom. The van der Waals surface area contributed by atoms with Crippen molar-refractivity contribution in [2.45, 2.75) is 38.9 Å². The van der Waals surface area contributed by atoms with E-state index in [1.54, 1.807) is 0 Å². The smallest absolute Gasteiger partial charge is 0.231 e. The molecule has 138 valence electrons. The lowest BCUT2D eigenvalue weighted by atomic mass is 10.0. The predicted octanol–water partition coefficient (Wildman–Crippen LogP) is 3.90. The Labute approximate surface area is 156 Å². The minimum absolute atomic E-state index is 0.346. The van der Waals surface area contributed by atoms with E-state index in [-0.39, 0.29) is 0 Å². The summed E-state index contributed by atoms with van der Waals surface area (Å²) in [6.07, 6.45) is 2.48. The van der Waals surface area contributed by atoms with E-state index in [0.717, 1.165) is 44.2 Å². The summed E-state index contributed by atoms with van der Waals surface area (Å²) in [6.45, 7) is 8.11. The summed E-state index contributed by atoms with van der Waals surface area (Å²) in [4.78, 5) is 5.19. The number of piperidine rings is 1. The minimum Gasteiger partial charge on any atom is -0.454 e. The minimum atomic E-state index is 0.346. The van der Waals surface area contributed by atoms with Crippen LogP contribution in [-0.4, -0.2) is 42.3 Å². The molecule has 2 aromatic carbocycles. The fraction of sp³-hybridized carbons (Fsp3) is 0.455. The van der Waals surface area contributed by atoms with E-state index < -0.39 is 0 Å². The summed E-state index contributed by atoms with van der Waals surface area (Å²) in [5.41, 5.74) is 2.72. The highest BCUT2D eigenvalue weighted by atomic mass is 16.7. The standard InChI is InChI=1S/C22H28N2O2/c1-2-24(16-18-6-4-3-5-7-18)20-10-12-23(13-11-20)15-19-8-9-21-22(14-19)26-17-25-21/h3-9,14,20H,2,10-13,15-17H2,1H3. The molecule has 0 unspecified atom stereocenters. The van der Waals surface area contributed by atoms with Gasteiger partial charge in [0.25, 0.3) is 0 Å². The van der Waals surface area contributed by atoms with Crippen LogP contribution in [0.15, 0.2) is 48.5 Å². The van der Waals surface area contributed by atoms with Gasteiger partial charge in [-0.05, 0) is 55.7 Å². The summed E-state index contributed by atoms with van der Waals surface area (Å²) in [5.74, 6) is 1.75. The third-order valence-corrected chi connectivity index (χ3v) is 5.55. The first-order valence-electron chi connectivity index (χ1n) is 9.70. The normalized spacial score (nSPS) is 17.8. The van der Waals surface area contributed by atoms with Crippen LogP contribution >= 0.6 is 0 Å². The molecule has 0 amide bonds. The number of likely N-dealkylation sites (tertiary alicyclic amines) is 1. The van der Waals surface area contributed by atoms with Gasteiger partial charge in [0.1, 0.15) is 0 Å². The van der Waals surface area contributed by atoms with Crippen LogP contribution in [0.2, 0.25) is 0 Å². The van der Waals surface area contributed by atoms with Crippen LogP contribution in [0.4, 0.5) is 0 Å². The lowest BCUT2D eigenvalue weighted by molar-refractivity contribution is 0.103. The van der Waals surface area contributed by atoms with Crippen LogP contribution < -0.4 is 9.47 Å². The summed E-state index contributed by atoms with van der Waals surface area (Å²) in [6, 6.07) is 17.8. The van der Waals surface area contributed by atoms with Crippen molar-refractivity contribution in [1.29, 1.82) is 0 Å². The third-order valence-electron chi connectivity index (χ3n) is 5.55. The van der Waals surface area contributed by atoms with Crippen molar-refractivity contribution in [3.8, 4) is 11.5 Å². The SMILES string of the molecule is CCN(Cc1ccccc1)C1CCN(Cc2ccc3c(c2)OCO3)CC1. The highest BCUT2D eigenvalue weighted by Crippen LogP contribution is 2.33. The van der Waals surface area contributed by atoms with Gasteiger partial charge in [-0.15, -0.1) is 0 Å². The van der Waals surface area contributed by atoms with Gasteiger partial charge in [-0.25, -0.2) is 0 Å². The van der Waals surface area contributed by atoms with Crippen molar-refractivity contribution >= 4 is 0 Å². The Morgan fingerprint density at radius 3 is 2.50 bits per heavy atom. The van der Waals surface area contributed by atoms with E-state index >= 15 is 0 Å². The van der Waals surface area contributed by atoms with Crippen molar-refractivity contribution in [3.05, 3.63) is 59.7 Å². The molecule has 0 aliphatic carbocycles. The molecule has 2 heterocycles. The van der Waals surface area contributed by atoms with E-state index in [9.17, 15) is 0 Å². The van der Waals surface area contributed by atoms with Gasteiger partial charge in [0.2, 0.25) is 6.79 Å². The quantitative estimate of drug-likeness (QED) is 0.787. The average molecular weight is 352 g/mol. The molecule has 26 heavy (non-hydrogen) atoms. The Balaban J connectivity index is 1.30. The topological polar surface area (TPSA) is 24.9 Å². The second-order valence-electron chi connectivity index (χ2n) is 7.24. The number of fused-ring (bicyclic) bond motifs is 1. The predicted molar refractivity (Wildman–Crippen MR) is 103 cm³/mol. The molecule has 1 saturated heterocycles. The number of nitrogens with zero attached hydrogens (tertiary/aromatic N) is 2. The average Bonchev–Trinajstić information content (AvgIpc) is 3.15. The third kappa shape index (κ3) is 4.02. The van der Waals surface area contributed by atoms with Crippen LogP contribution in [-0.2, 0) is 13.1 Å². The van der Waals surface area contributed by atoms with Gasteiger partial charge in [0.05, 0.1) is 0 Å². The first-order valence-corrected chi connectivity index (χ1v) is 9.70. The van der Waals surface area contributed by atoms with E-state index in [4.69, 9.17) is 9.47 Å². The highest BCUT2D eigenvalue weighted by molar-refractivity contribution is 5.44. The summed E-state index contributed by atoms with van der Waals surface area (Å²) >= 11 is 0. The Morgan fingerprint density at radius 2 is 1.73 bits per heavy atom. The molecule has 4 heteroatoms. The molecule has 1 fully saturated rings. The first-order chi connectivity index (χ1) is 12.8. The molecule has 0 saturated carbocycles. The Bertz CT molecular complexity index is 711. The monoisotopic (exact) mass is 352 g/mol. The summed E-state index contributed by atoms with van der Waals surface area (Å²) < 4.78 is 10.9. The zero-order valence-corrected chi connectivity index (χ0v) is 15.6. The molecule has 0 spiro atoms. The lowest BCUT2D eigenvalue weighted by Crippen LogP contribution is -2.44. The molecule has 0 N–H and O–H groups in total. The van der Waals surface area contributed by atoms with Gasteiger partial charge in [0, 0.05) is 19.1 Å². The number of hydrogen-bond donors (Lipinski definition) is 0. The van der Waals surface area contributed by atoms with E-state index in [1.807, 2.05) is 6.07 Å². The van der Waals surface area contributed by atoms with Crippen molar-refractivity contribution in [1.82, 2.24) is 9.80 Å². The van der Waals surface area contributed by atoms with Crippen LogP contribution in [0.3, 0.4) is 0 Å². The second kappa shape index (κ2) is 8.11. The van der Waals surface area contributed by atoms with E-state index in [1.165, 1.54) is 24.0 Å². The number of ether oxygens (including phenoxy) is 2. The Hall–Kier alpha value is -2.04. The van der Waals surface area contributed by atoms with Gasteiger partial charge in [-0.1, -0.05) is 43.3 Å². The summed E-state index contributed by atoms with van der Waals surface area (Å²) in [5, 5.41) is 0. The van der Waals surface area contributed by atoms with E-state index in [0.29, 0.717) is 12.8 Å². The van der Waals surface area contributed by atoms with Crippen molar-refractivity contribution < 1.29 is 9.47 Å². The second-order valence-corrected chi connectivity index (χ2v) is 7.24. The van der Waals surface area contributed by atoms with Crippen LogP contribution in [0.5, 0.6) is 11.5 Å². The fourth-order valence-corrected chi connectivity index (χ4v) is 4.06. The van der Waals surface area contributed by atoms with Crippen LogP contribution in [0.1, 0.15) is 30.9 Å². The molecule has 0 bridgehead atoms. The van der Waals surface area contributed by atoms with Gasteiger partial charge in [0.15, 0.2) is 11.5 Å². The maximum absolute atomic E-state index is 5.50. The molecule has 2 aliphatic rings. The van der Waals surface area contributed by atoms with Gasteiger partial charge in [-0.3, -0.25) is 9.80 Å². The Kier molecular flexibility index (Phi) is 5.42. The molecular weight excluding hydrogens is 324 g/mol. The molecular formula is C22H28N2O2. The fourth-order valence-electron chi connectivity index (χ4n) is 4.06. The zero-order valence-electron chi connectivity index (χ0n) is 15.6. The number of benzene rings is 2. The molecule has 0 aromatic heterocycles. The number of rotatable bonds is 6. The molecule has 0 radical (unpaired) electrons. The number of hydrogen-bond acceptors (Lipinski definition) is 4. The van der Waals surface area contributed by atoms with Crippen molar-refractivity contribution in [2.24, 2.45) is 0 Å². The maximum Gasteiger partial charge on any atom is 0.231 e. The largest absolute Gasteiger partial charge is 0.454 e.